The summed E-state index contributed by atoms with van der Waals surface area (Å²) in [5, 5.41) is 10.0. The number of benzene rings is 1. The lowest BCUT2D eigenvalue weighted by atomic mass is 9.79. The van der Waals surface area contributed by atoms with Gasteiger partial charge < -0.3 is 19.3 Å². The second kappa shape index (κ2) is 4.80. The summed E-state index contributed by atoms with van der Waals surface area (Å²) in [7, 11) is 0.689. The molecule has 2 bridgehead atoms. The van der Waals surface area contributed by atoms with Gasteiger partial charge in [0, 0.05) is 13.5 Å². The van der Waals surface area contributed by atoms with Crippen LogP contribution in [0.4, 0.5) is 0 Å². The Labute approximate surface area is 163 Å². The van der Waals surface area contributed by atoms with Crippen molar-refractivity contribution in [1.82, 2.24) is 9.80 Å². The maximum Gasteiger partial charge on any atom is 0.261 e. The number of fused-ring (bicyclic) bond motifs is 2. The number of piperazine rings is 1. The van der Waals surface area contributed by atoms with E-state index in [1.807, 2.05) is 6.07 Å². The monoisotopic (exact) mass is 403 g/mol. The second-order valence-corrected chi connectivity index (χ2v) is 10.8. The average Bonchev–Trinajstić information content (AvgIpc) is 3.31. The minimum absolute atomic E-state index is 0.141. The van der Waals surface area contributed by atoms with Crippen LogP contribution in [0.2, 0.25) is 0 Å². The predicted molar refractivity (Wildman–Crippen MR) is 99.1 cm³/mol. The number of nitrogens with zero attached hydrogens (tertiary/aromatic N) is 3. The van der Waals surface area contributed by atoms with Gasteiger partial charge in [0.15, 0.2) is 21.2 Å². The Hall–Kier alpha value is -2.18. The molecule has 3 fully saturated rings. The highest BCUT2D eigenvalue weighted by molar-refractivity contribution is 8.31. The molecule has 0 aliphatic carbocycles. The molecule has 0 aromatic heterocycles. The summed E-state index contributed by atoms with van der Waals surface area (Å²) in [6.07, 6.45) is 0.243. The van der Waals surface area contributed by atoms with Crippen LogP contribution in [0.15, 0.2) is 18.2 Å². The van der Waals surface area contributed by atoms with Gasteiger partial charge >= 0.3 is 0 Å². The first-order chi connectivity index (χ1) is 12.7. The first-order valence-corrected chi connectivity index (χ1v) is 10.7. The lowest BCUT2D eigenvalue weighted by Gasteiger charge is -2.39. The number of carbonyl (C=O) groups excluding carboxylic acids is 2. The Kier molecular flexibility index (Phi) is 3.02. The van der Waals surface area contributed by atoms with Gasteiger partial charge in [-0.2, -0.15) is 5.26 Å². The van der Waals surface area contributed by atoms with Gasteiger partial charge in [0.1, 0.15) is 0 Å². The Morgan fingerprint density at radius 3 is 2.67 bits per heavy atom. The third-order valence-electron chi connectivity index (χ3n) is 6.39. The van der Waals surface area contributed by atoms with Crippen molar-refractivity contribution in [1.29, 1.82) is 5.26 Å². The number of amides is 2. The maximum atomic E-state index is 13.5. The second-order valence-electron chi connectivity index (χ2n) is 7.80. The highest BCUT2D eigenvalue weighted by Crippen LogP contribution is 2.65. The van der Waals surface area contributed by atoms with Gasteiger partial charge in [0.25, 0.3) is 11.8 Å². The van der Waals surface area contributed by atoms with Gasteiger partial charge in [-0.3, -0.25) is 9.59 Å². The van der Waals surface area contributed by atoms with Crippen molar-refractivity contribution in [2.45, 2.75) is 36.1 Å². The quantitative estimate of drug-likeness (QED) is 0.701. The van der Waals surface area contributed by atoms with Gasteiger partial charge in [-0.1, -0.05) is 15.5 Å². The van der Waals surface area contributed by atoms with Crippen LogP contribution in [0.25, 0.3) is 0 Å². The van der Waals surface area contributed by atoms with E-state index >= 15 is 0 Å². The third-order valence-corrected chi connectivity index (χ3v) is 10.5. The smallest absolute Gasteiger partial charge is 0.261 e. The first kappa shape index (κ1) is 17.0. The van der Waals surface area contributed by atoms with Gasteiger partial charge in [-0.25, -0.2) is 0 Å². The molecule has 2 amide bonds. The summed E-state index contributed by atoms with van der Waals surface area (Å²) in [6.45, 7) is 3.69. The number of nitriles is 1. The largest absolute Gasteiger partial charge is 0.454 e. The van der Waals surface area contributed by atoms with Crippen molar-refractivity contribution in [3.8, 4) is 17.6 Å². The number of rotatable bonds is 1. The molecule has 4 aliphatic heterocycles. The van der Waals surface area contributed by atoms with Crippen molar-refractivity contribution in [3.05, 3.63) is 23.8 Å². The fourth-order valence-electron chi connectivity index (χ4n) is 4.92. The minimum atomic E-state index is -1.12. The van der Waals surface area contributed by atoms with E-state index in [-0.39, 0.29) is 25.0 Å². The number of ether oxygens (including phenoxy) is 2. The lowest BCUT2D eigenvalue weighted by molar-refractivity contribution is -0.159. The van der Waals surface area contributed by atoms with Crippen LogP contribution in [0.1, 0.15) is 31.9 Å². The topological polar surface area (TPSA) is 82.9 Å². The van der Waals surface area contributed by atoms with E-state index in [0.717, 1.165) is 5.56 Å². The van der Waals surface area contributed by atoms with Crippen molar-refractivity contribution in [2.24, 2.45) is 5.41 Å². The van der Waals surface area contributed by atoms with E-state index in [1.165, 1.54) is 4.90 Å². The lowest BCUT2D eigenvalue weighted by Crippen LogP contribution is -2.60. The summed E-state index contributed by atoms with van der Waals surface area (Å²) in [4.78, 5) is 27.6. The van der Waals surface area contributed by atoms with Crippen LogP contribution in [0.5, 0.6) is 11.5 Å². The van der Waals surface area contributed by atoms with Crippen molar-refractivity contribution >= 4 is 32.5 Å². The third kappa shape index (κ3) is 1.61. The summed E-state index contributed by atoms with van der Waals surface area (Å²) in [5.74, 6) is 0.875. The van der Waals surface area contributed by atoms with Crippen LogP contribution in [0.3, 0.4) is 0 Å². The molecule has 9 heteroatoms. The fourth-order valence-corrected chi connectivity index (χ4v) is 8.44. The number of hydrogen-bond acceptors (Lipinski definition) is 6. The number of carbonyl (C=O) groups is 2. The van der Waals surface area contributed by atoms with E-state index in [1.54, 1.807) is 37.9 Å². The van der Waals surface area contributed by atoms with Crippen LogP contribution in [-0.4, -0.2) is 45.2 Å². The SMILES string of the molecule is CN1C(=O)[C@@]23C[C@](C)(C#N)[C@H](c4ccc5c(c4)OCO5)N2C(=O)[C@@]1(C)S3=S. The maximum absolute atomic E-state index is 13.5. The average molecular weight is 403 g/mol. The van der Waals surface area contributed by atoms with E-state index in [4.69, 9.17) is 20.7 Å². The molecule has 0 radical (unpaired) electrons. The molecule has 27 heavy (non-hydrogen) atoms. The highest BCUT2D eigenvalue weighted by Gasteiger charge is 2.80. The molecule has 1 aromatic rings. The summed E-state index contributed by atoms with van der Waals surface area (Å²) in [5.41, 5.74) is -0.178. The zero-order valence-electron chi connectivity index (χ0n) is 15.0. The highest BCUT2D eigenvalue weighted by atomic mass is 32.8. The normalized spacial score (nSPS) is 41.3. The summed E-state index contributed by atoms with van der Waals surface area (Å²) >= 11 is 5.76. The van der Waals surface area contributed by atoms with E-state index < -0.39 is 30.7 Å². The molecular formula is C18H17N3O4S2. The predicted octanol–water partition coefficient (Wildman–Crippen LogP) is 1.20. The Bertz CT molecular complexity index is 1010. The standard InChI is InChI=1S/C18H17N3O4S2/c1-16(8-19)7-18-15(23)20(3)17(2,27(18)26)14(22)21(18)13(16)10-4-5-11-12(6-10)25-9-24-11/h4-6,13H,7,9H2,1-3H3/t13-,16+,17+,18-,27?/m0/s1. The van der Waals surface area contributed by atoms with Crippen LogP contribution < -0.4 is 9.47 Å². The van der Waals surface area contributed by atoms with Crippen LogP contribution in [-0.2, 0) is 30.2 Å². The Morgan fingerprint density at radius 2 is 1.96 bits per heavy atom. The van der Waals surface area contributed by atoms with Gasteiger partial charge in [-0.05, 0) is 42.7 Å². The fraction of sp³-hybridized carbons (Fsp3) is 0.500. The zero-order chi connectivity index (χ0) is 19.4. The van der Waals surface area contributed by atoms with E-state index in [2.05, 4.69) is 6.07 Å². The number of likely N-dealkylation sites (N-methyl/N-ethyl adjacent to an activating group) is 1. The number of hydrogen-bond donors (Lipinski definition) is 0. The van der Waals surface area contributed by atoms with Gasteiger partial charge in [-0.15, -0.1) is 0 Å². The minimum Gasteiger partial charge on any atom is -0.454 e. The molecule has 5 rings (SSSR count). The molecule has 1 spiro atoms. The van der Waals surface area contributed by atoms with Crippen LogP contribution in [0, 0.1) is 16.7 Å². The van der Waals surface area contributed by atoms with Crippen molar-refractivity contribution in [3.63, 3.8) is 0 Å². The molecular weight excluding hydrogens is 386 g/mol. The molecule has 4 aliphatic rings. The Morgan fingerprint density at radius 1 is 1.26 bits per heavy atom. The molecule has 4 heterocycles. The van der Waals surface area contributed by atoms with E-state index in [0.29, 0.717) is 11.5 Å². The van der Waals surface area contributed by atoms with E-state index in [9.17, 15) is 14.9 Å². The van der Waals surface area contributed by atoms with Crippen LogP contribution >= 0.6 is 0 Å². The molecule has 0 saturated carbocycles. The summed E-state index contributed by atoms with van der Waals surface area (Å²) in [6, 6.07) is 7.23. The summed E-state index contributed by atoms with van der Waals surface area (Å²) < 4.78 is 10.8. The molecule has 1 aromatic carbocycles. The van der Waals surface area contributed by atoms with Gasteiger partial charge in [0.05, 0.1) is 17.5 Å². The van der Waals surface area contributed by atoms with Gasteiger partial charge in [0.2, 0.25) is 6.79 Å². The Balaban J connectivity index is 1.73. The van der Waals surface area contributed by atoms with Crippen molar-refractivity contribution < 1.29 is 19.1 Å². The zero-order valence-corrected chi connectivity index (χ0v) is 16.6. The molecule has 5 atom stereocenters. The first-order valence-electron chi connectivity index (χ1n) is 8.56. The molecule has 7 nitrogen and oxygen atoms in total. The molecule has 140 valence electrons. The van der Waals surface area contributed by atoms with Crippen molar-refractivity contribution in [2.75, 3.05) is 13.8 Å². The molecule has 0 N–H and O–H groups in total. The molecule has 3 saturated heterocycles. The molecule has 1 unspecified atom stereocenters.